The first kappa shape index (κ1) is 46.6. The molecular formula is C73H62N4O. The van der Waals surface area contributed by atoms with Crippen molar-refractivity contribution in [3.05, 3.63) is 252 Å². The zero-order chi connectivity index (χ0) is 52.1. The lowest BCUT2D eigenvalue weighted by molar-refractivity contribution is -0.0418. The number of rotatable bonds is 10. The van der Waals surface area contributed by atoms with Crippen LogP contribution in [0.25, 0.3) is 61.0 Å². The molecule has 5 nitrogen and oxygen atoms in total. The quantitative estimate of drug-likeness (QED) is 0.137. The van der Waals surface area contributed by atoms with Crippen LogP contribution in [-0.4, -0.2) is 16.2 Å². The Bertz CT molecular complexity index is 4000. The monoisotopic (exact) mass is 1010 g/mol. The van der Waals surface area contributed by atoms with E-state index >= 15 is 0 Å². The molecular weight excluding hydrogens is 949 g/mol. The minimum Gasteiger partial charge on any atom is -0.457 e. The van der Waals surface area contributed by atoms with Gasteiger partial charge in [-0.25, -0.2) is 4.98 Å². The van der Waals surface area contributed by atoms with Gasteiger partial charge in [0.25, 0.3) is 0 Å². The predicted octanol–water partition coefficient (Wildman–Crippen LogP) is 18.9. The van der Waals surface area contributed by atoms with Crippen LogP contribution in [0.5, 0.6) is 11.5 Å². The Morgan fingerprint density at radius 1 is 0.462 bits per heavy atom. The summed E-state index contributed by atoms with van der Waals surface area (Å²) >= 11 is 0. The highest BCUT2D eigenvalue weighted by Crippen LogP contribution is 2.65. The summed E-state index contributed by atoms with van der Waals surface area (Å²) in [5.41, 5.74) is 20.5. The molecule has 11 aromatic rings. The number of pyridine rings is 1. The van der Waals surface area contributed by atoms with E-state index < -0.39 is 0 Å². The van der Waals surface area contributed by atoms with Crippen molar-refractivity contribution in [2.45, 2.75) is 58.3 Å². The van der Waals surface area contributed by atoms with Crippen LogP contribution in [0.4, 0.5) is 22.7 Å². The minimum absolute atomic E-state index is 0.0291. The molecule has 4 fully saturated rings. The standard InChI is InChI=1S/C73H62N4O/c1-47-34-48(2)71(49(3)35-47)54-41-59(75-46-76(68-29-16-15-28-67(68)75)72-62(52-18-7-4-8-19-52)25-17-26-63(72)53-20-9-5-10-21-53)44-61(42-54)78-60-30-31-65-64-24-13-14-27-66(64)77(69(65)45-60)70-43-56(32-33-74-70)73(55-22-11-6-12-23-55)57-37-50-36-51(39-57)40-58(73)38-50/h4-35,41-45,50-51,57-58H,36-40,46H2,1-3H3. The van der Waals surface area contributed by atoms with Gasteiger partial charge in [-0.2, -0.15) is 0 Å². The molecule has 4 bridgehead atoms. The molecule has 0 amide bonds. The van der Waals surface area contributed by atoms with Crippen molar-refractivity contribution in [3.63, 3.8) is 0 Å². The maximum absolute atomic E-state index is 7.28. The van der Waals surface area contributed by atoms with Gasteiger partial charge in [0.05, 0.1) is 28.1 Å². The van der Waals surface area contributed by atoms with Crippen LogP contribution in [0.15, 0.2) is 225 Å². The molecule has 0 spiro atoms. The fourth-order valence-corrected chi connectivity index (χ4v) is 15.7. The number of para-hydroxylation sites is 4. The molecule has 3 heterocycles. The van der Waals surface area contributed by atoms with Gasteiger partial charge in [0.1, 0.15) is 24.0 Å². The molecule has 0 unspecified atom stereocenters. The molecule has 9 aromatic carbocycles. The van der Waals surface area contributed by atoms with Gasteiger partial charge in [-0.3, -0.25) is 4.57 Å². The average Bonchev–Trinajstić information content (AvgIpc) is 3.89. The number of fused-ring (bicyclic) bond motifs is 4. The molecule has 5 aliphatic rings. The summed E-state index contributed by atoms with van der Waals surface area (Å²) in [6.45, 7) is 7.26. The molecule has 0 N–H and O–H groups in total. The van der Waals surface area contributed by atoms with Gasteiger partial charge in [-0.05, 0) is 176 Å². The first-order chi connectivity index (χ1) is 38.3. The van der Waals surface area contributed by atoms with Crippen molar-refractivity contribution in [1.82, 2.24) is 9.55 Å². The average molecular weight is 1010 g/mol. The van der Waals surface area contributed by atoms with Crippen LogP contribution in [0, 0.1) is 44.4 Å². The van der Waals surface area contributed by atoms with E-state index in [1.807, 2.05) is 0 Å². The van der Waals surface area contributed by atoms with Crippen LogP contribution in [-0.2, 0) is 5.41 Å². The van der Waals surface area contributed by atoms with Crippen molar-refractivity contribution >= 4 is 44.6 Å². The maximum Gasteiger partial charge on any atom is 0.137 e. The van der Waals surface area contributed by atoms with Gasteiger partial charge in [0, 0.05) is 51.3 Å². The largest absolute Gasteiger partial charge is 0.457 e. The molecule has 2 aromatic heterocycles. The Kier molecular flexibility index (Phi) is 11.1. The fraction of sp³-hybridized carbons (Fsp3) is 0.192. The number of hydrogen-bond acceptors (Lipinski definition) is 4. The second kappa shape index (κ2) is 18.5. The van der Waals surface area contributed by atoms with Gasteiger partial charge >= 0.3 is 0 Å². The third kappa shape index (κ3) is 7.53. The number of nitrogens with zero attached hydrogens (tertiary/aromatic N) is 4. The topological polar surface area (TPSA) is 33.5 Å². The van der Waals surface area contributed by atoms with Crippen LogP contribution in [0.3, 0.4) is 0 Å². The Labute approximate surface area is 458 Å². The molecule has 4 aliphatic carbocycles. The summed E-state index contributed by atoms with van der Waals surface area (Å²) in [6.07, 6.45) is 8.79. The fourth-order valence-electron chi connectivity index (χ4n) is 15.7. The second-order valence-corrected chi connectivity index (χ2v) is 23.0. The van der Waals surface area contributed by atoms with Crippen LogP contribution in [0.1, 0.15) is 59.9 Å². The normalized spacial score (nSPS) is 20.2. The van der Waals surface area contributed by atoms with Gasteiger partial charge < -0.3 is 14.5 Å². The predicted molar refractivity (Wildman–Crippen MR) is 322 cm³/mol. The smallest absolute Gasteiger partial charge is 0.137 e. The lowest BCUT2D eigenvalue weighted by Gasteiger charge is -2.62. The number of benzene rings is 9. The molecule has 16 rings (SSSR count). The third-order valence-corrected chi connectivity index (χ3v) is 18.4. The van der Waals surface area contributed by atoms with Gasteiger partial charge in [0.2, 0.25) is 0 Å². The SMILES string of the molecule is Cc1cc(C)c(-c2cc(Oc3ccc4c5ccccc5n(-c5cc(C6(c7ccccc7)C7CC8CC(C7)CC6C8)ccn5)c4c3)cc(N3CN(c4c(-c5ccccc5)cccc4-c4ccccc4)c4ccccc43)c2)c(C)c1. The summed E-state index contributed by atoms with van der Waals surface area (Å²) < 4.78 is 9.67. The van der Waals surface area contributed by atoms with E-state index in [4.69, 9.17) is 9.72 Å². The molecule has 0 atom stereocenters. The Morgan fingerprint density at radius 3 is 1.74 bits per heavy atom. The molecule has 0 radical (unpaired) electrons. The van der Waals surface area contributed by atoms with Crippen LogP contribution >= 0.6 is 0 Å². The first-order valence-electron chi connectivity index (χ1n) is 28.2. The number of ether oxygens (including phenoxy) is 1. The van der Waals surface area contributed by atoms with E-state index in [2.05, 4.69) is 260 Å². The molecule has 5 heteroatoms. The maximum atomic E-state index is 7.28. The second-order valence-electron chi connectivity index (χ2n) is 23.0. The molecule has 78 heavy (non-hydrogen) atoms. The van der Waals surface area contributed by atoms with Crippen molar-refractivity contribution in [2.75, 3.05) is 16.5 Å². The summed E-state index contributed by atoms with van der Waals surface area (Å²) in [5.74, 6) is 5.49. The number of anilines is 4. The number of aryl methyl sites for hydroxylation is 3. The van der Waals surface area contributed by atoms with E-state index in [0.717, 1.165) is 62.8 Å². The summed E-state index contributed by atoms with van der Waals surface area (Å²) in [5, 5.41) is 2.38. The zero-order valence-corrected chi connectivity index (χ0v) is 44.6. The van der Waals surface area contributed by atoms with Crippen LogP contribution < -0.4 is 14.5 Å². The first-order valence-corrected chi connectivity index (χ1v) is 28.2. The summed E-state index contributed by atoms with van der Waals surface area (Å²) in [7, 11) is 0. The Morgan fingerprint density at radius 2 is 1.06 bits per heavy atom. The van der Waals surface area contributed by atoms with E-state index in [9.17, 15) is 0 Å². The van der Waals surface area contributed by atoms with E-state index in [0.29, 0.717) is 18.5 Å². The van der Waals surface area contributed by atoms with E-state index in [1.54, 1.807) is 0 Å². The highest BCUT2D eigenvalue weighted by atomic mass is 16.5. The highest BCUT2D eigenvalue weighted by molar-refractivity contribution is 6.09. The van der Waals surface area contributed by atoms with Crippen molar-refractivity contribution in [1.29, 1.82) is 0 Å². The molecule has 1 aliphatic heterocycles. The Balaban J connectivity index is 0.863. The van der Waals surface area contributed by atoms with E-state index in [-0.39, 0.29) is 5.41 Å². The Hall–Kier alpha value is -8.67. The van der Waals surface area contributed by atoms with Gasteiger partial charge in [0.15, 0.2) is 0 Å². The minimum atomic E-state index is -0.0291. The lowest BCUT2D eigenvalue weighted by Crippen LogP contribution is -2.56. The molecule has 4 saturated carbocycles. The summed E-state index contributed by atoms with van der Waals surface area (Å²) in [6, 6.07) is 80.5. The van der Waals surface area contributed by atoms with Gasteiger partial charge in [-0.15, -0.1) is 0 Å². The molecule has 380 valence electrons. The van der Waals surface area contributed by atoms with Crippen LogP contribution in [0.2, 0.25) is 0 Å². The molecule has 0 saturated heterocycles. The zero-order valence-electron chi connectivity index (χ0n) is 44.6. The number of aromatic nitrogens is 2. The van der Waals surface area contributed by atoms with Gasteiger partial charge in [-0.1, -0.05) is 157 Å². The third-order valence-electron chi connectivity index (χ3n) is 18.4. The number of hydrogen-bond donors (Lipinski definition) is 0. The lowest BCUT2D eigenvalue weighted by atomic mass is 9.42. The highest BCUT2D eigenvalue weighted by Gasteiger charge is 2.58. The van der Waals surface area contributed by atoms with Crippen molar-refractivity contribution in [3.8, 4) is 50.7 Å². The van der Waals surface area contributed by atoms with Crippen molar-refractivity contribution in [2.24, 2.45) is 23.7 Å². The van der Waals surface area contributed by atoms with E-state index in [1.165, 1.54) is 104 Å². The summed E-state index contributed by atoms with van der Waals surface area (Å²) in [4.78, 5) is 10.2. The van der Waals surface area contributed by atoms with Crippen molar-refractivity contribution < 1.29 is 4.74 Å².